The van der Waals surface area contributed by atoms with E-state index in [1.54, 1.807) is 7.11 Å². The molecule has 0 fully saturated rings. The number of nitrogens with one attached hydrogen (secondary N) is 1. The van der Waals surface area contributed by atoms with Gasteiger partial charge < -0.3 is 10.1 Å². The Hall–Kier alpha value is -0.730. The molecule has 0 aliphatic carbocycles. The summed E-state index contributed by atoms with van der Waals surface area (Å²) in [5.74, 6) is 2.09. The van der Waals surface area contributed by atoms with Gasteiger partial charge in [0.25, 0.3) is 0 Å². The van der Waals surface area contributed by atoms with E-state index in [-0.39, 0.29) is 0 Å². The predicted molar refractivity (Wildman–Crippen MR) is 69.5 cm³/mol. The average molecular weight is 242 g/mol. The van der Waals surface area contributed by atoms with Crippen molar-refractivity contribution in [1.29, 1.82) is 0 Å². The molecule has 0 heterocycles. The minimum Gasteiger partial charge on any atom is -0.496 e. The molecule has 3 heteroatoms. The van der Waals surface area contributed by atoms with Crippen molar-refractivity contribution in [3.05, 3.63) is 29.3 Å². The normalized spacial score (nSPS) is 10.8. The Labute approximate surface area is 103 Å². The van der Waals surface area contributed by atoms with Crippen LogP contribution >= 0.6 is 11.6 Å². The van der Waals surface area contributed by atoms with Gasteiger partial charge in [0, 0.05) is 19.0 Å². The van der Waals surface area contributed by atoms with E-state index in [9.17, 15) is 0 Å². The highest BCUT2D eigenvalue weighted by Crippen LogP contribution is 2.27. The fraction of sp³-hybridized carbons (Fsp3) is 0.538. The van der Waals surface area contributed by atoms with Crippen molar-refractivity contribution in [2.24, 2.45) is 0 Å². The highest BCUT2D eigenvalue weighted by molar-refractivity contribution is 6.18. The first-order valence-corrected chi connectivity index (χ1v) is 6.16. The summed E-state index contributed by atoms with van der Waals surface area (Å²) in [5.41, 5.74) is 2.53. The molecule has 0 unspecified atom stereocenters. The summed E-state index contributed by atoms with van der Waals surface area (Å²) in [6.07, 6.45) is 0. The van der Waals surface area contributed by atoms with E-state index >= 15 is 0 Å². The molecule has 0 saturated carbocycles. The van der Waals surface area contributed by atoms with Crippen LogP contribution in [0.25, 0.3) is 0 Å². The minimum absolute atomic E-state index is 0.475. The van der Waals surface area contributed by atoms with Crippen LogP contribution in [0.15, 0.2) is 18.2 Å². The van der Waals surface area contributed by atoms with Gasteiger partial charge >= 0.3 is 0 Å². The van der Waals surface area contributed by atoms with Crippen LogP contribution in [0.4, 0.5) is 0 Å². The van der Waals surface area contributed by atoms with E-state index in [0.717, 1.165) is 18.8 Å². The van der Waals surface area contributed by atoms with Crippen molar-refractivity contribution >= 4 is 11.6 Å². The van der Waals surface area contributed by atoms with Gasteiger partial charge in [0.15, 0.2) is 0 Å². The van der Waals surface area contributed by atoms with Gasteiger partial charge in [0.1, 0.15) is 5.75 Å². The molecule has 0 radical (unpaired) electrons. The molecule has 1 aromatic rings. The van der Waals surface area contributed by atoms with Gasteiger partial charge in [-0.05, 0) is 23.1 Å². The van der Waals surface area contributed by atoms with E-state index < -0.39 is 0 Å². The lowest BCUT2D eigenvalue weighted by Gasteiger charge is -2.13. The van der Waals surface area contributed by atoms with Gasteiger partial charge in [-0.25, -0.2) is 0 Å². The van der Waals surface area contributed by atoms with E-state index in [1.807, 2.05) is 6.07 Å². The molecule has 1 rings (SSSR count). The smallest absolute Gasteiger partial charge is 0.122 e. The number of halogens is 1. The van der Waals surface area contributed by atoms with E-state index in [2.05, 4.69) is 31.3 Å². The molecule has 0 bridgehead atoms. The fourth-order valence-corrected chi connectivity index (χ4v) is 1.78. The summed E-state index contributed by atoms with van der Waals surface area (Å²) in [7, 11) is 1.71. The molecule has 0 aromatic heterocycles. The van der Waals surface area contributed by atoms with Gasteiger partial charge in [0.05, 0.1) is 7.11 Å². The molecule has 90 valence electrons. The fourth-order valence-electron chi connectivity index (χ4n) is 1.64. The number of hydrogen-bond donors (Lipinski definition) is 1. The first-order valence-electron chi connectivity index (χ1n) is 5.62. The van der Waals surface area contributed by atoms with Crippen molar-refractivity contribution in [1.82, 2.24) is 5.32 Å². The monoisotopic (exact) mass is 241 g/mol. The summed E-state index contributed by atoms with van der Waals surface area (Å²) in [5, 5.41) is 3.28. The van der Waals surface area contributed by atoms with Crippen LogP contribution in [0.2, 0.25) is 0 Å². The number of hydrogen-bond acceptors (Lipinski definition) is 2. The van der Waals surface area contributed by atoms with Crippen LogP contribution in [0.3, 0.4) is 0 Å². The van der Waals surface area contributed by atoms with Gasteiger partial charge in [0.2, 0.25) is 0 Å². The molecule has 16 heavy (non-hydrogen) atoms. The van der Waals surface area contributed by atoms with Crippen LogP contribution in [-0.4, -0.2) is 19.5 Å². The van der Waals surface area contributed by atoms with E-state index in [1.165, 1.54) is 11.1 Å². The lowest BCUT2D eigenvalue weighted by molar-refractivity contribution is 0.407. The maximum absolute atomic E-state index is 5.61. The molecular weight excluding hydrogens is 222 g/mol. The summed E-state index contributed by atoms with van der Waals surface area (Å²) in [6.45, 7) is 6.04. The maximum atomic E-state index is 5.61. The van der Waals surface area contributed by atoms with Crippen LogP contribution in [-0.2, 0) is 6.54 Å². The number of benzene rings is 1. The first-order chi connectivity index (χ1) is 7.69. The maximum Gasteiger partial charge on any atom is 0.122 e. The largest absolute Gasteiger partial charge is 0.496 e. The van der Waals surface area contributed by atoms with Crippen LogP contribution < -0.4 is 10.1 Å². The molecule has 0 atom stereocenters. The third-order valence-corrected chi connectivity index (χ3v) is 2.71. The second kappa shape index (κ2) is 6.77. The zero-order valence-corrected chi connectivity index (χ0v) is 11.0. The van der Waals surface area contributed by atoms with Crippen molar-refractivity contribution in [2.45, 2.75) is 26.3 Å². The van der Waals surface area contributed by atoms with Gasteiger partial charge in [-0.2, -0.15) is 0 Å². The molecule has 1 N–H and O–H groups in total. The van der Waals surface area contributed by atoms with Crippen molar-refractivity contribution in [3.63, 3.8) is 0 Å². The average Bonchev–Trinajstić information content (AvgIpc) is 2.29. The van der Waals surface area contributed by atoms with E-state index in [0.29, 0.717) is 11.8 Å². The van der Waals surface area contributed by atoms with Gasteiger partial charge in [-0.15, -0.1) is 11.6 Å². The third kappa shape index (κ3) is 3.69. The van der Waals surface area contributed by atoms with Crippen molar-refractivity contribution in [3.8, 4) is 5.75 Å². The molecule has 0 aliphatic rings. The highest BCUT2D eigenvalue weighted by Gasteiger charge is 2.07. The van der Waals surface area contributed by atoms with Gasteiger partial charge in [-0.1, -0.05) is 26.0 Å². The number of ether oxygens (including phenoxy) is 1. The van der Waals surface area contributed by atoms with Crippen LogP contribution in [0.1, 0.15) is 30.9 Å². The zero-order chi connectivity index (χ0) is 12.0. The lowest BCUT2D eigenvalue weighted by Crippen LogP contribution is -2.15. The molecule has 1 aromatic carbocycles. The number of rotatable bonds is 6. The molecular formula is C13H20ClNO. The lowest BCUT2D eigenvalue weighted by atomic mass is 9.99. The highest BCUT2D eigenvalue weighted by atomic mass is 35.5. The van der Waals surface area contributed by atoms with Crippen molar-refractivity contribution < 1.29 is 4.74 Å². The van der Waals surface area contributed by atoms with Crippen LogP contribution in [0, 0.1) is 0 Å². The zero-order valence-electron chi connectivity index (χ0n) is 10.2. The van der Waals surface area contributed by atoms with E-state index in [4.69, 9.17) is 16.3 Å². The van der Waals surface area contributed by atoms with Gasteiger partial charge in [-0.3, -0.25) is 0 Å². The number of alkyl halides is 1. The molecule has 0 aliphatic heterocycles. The standard InChI is InChI=1S/C13H20ClNO/c1-10(2)12-8-11(9-15-7-6-14)4-5-13(12)16-3/h4-5,8,10,15H,6-7,9H2,1-3H3. The Balaban J connectivity index is 2.77. The topological polar surface area (TPSA) is 21.3 Å². The molecule has 0 saturated heterocycles. The van der Waals surface area contributed by atoms with Crippen molar-refractivity contribution in [2.75, 3.05) is 19.5 Å². The Kier molecular flexibility index (Phi) is 5.64. The molecule has 0 amide bonds. The minimum atomic E-state index is 0.475. The Morgan fingerprint density at radius 1 is 1.38 bits per heavy atom. The second-order valence-corrected chi connectivity index (χ2v) is 4.47. The summed E-state index contributed by atoms with van der Waals surface area (Å²) in [4.78, 5) is 0. The summed E-state index contributed by atoms with van der Waals surface area (Å²) >= 11 is 5.61. The SMILES string of the molecule is COc1ccc(CNCCCl)cc1C(C)C. The Morgan fingerprint density at radius 2 is 2.12 bits per heavy atom. The quantitative estimate of drug-likeness (QED) is 0.610. The third-order valence-electron chi connectivity index (χ3n) is 2.52. The Bertz CT molecular complexity index is 326. The molecule has 2 nitrogen and oxygen atoms in total. The predicted octanol–water partition coefficient (Wildman–Crippen LogP) is 3.15. The summed E-state index contributed by atoms with van der Waals surface area (Å²) < 4.78 is 5.35. The second-order valence-electron chi connectivity index (χ2n) is 4.10. The first kappa shape index (κ1) is 13.3. The van der Waals surface area contributed by atoms with Crippen LogP contribution in [0.5, 0.6) is 5.75 Å². The number of methoxy groups -OCH3 is 1. The molecule has 0 spiro atoms. The Morgan fingerprint density at radius 3 is 2.69 bits per heavy atom. The summed E-state index contributed by atoms with van der Waals surface area (Å²) in [6, 6.07) is 6.32.